The molecule has 2 aromatic heterocycles. The fourth-order valence-corrected chi connectivity index (χ4v) is 2.69. The minimum absolute atomic E-state index is 0.807. The van der Waals surface area contributed by atoms with Crippen LogP contribution >= 0.6 is 11.3 Å². The smallest absolute Gasteiger partial charge is 0.0386 e. The van der Waals surface area contributed by atoms with Crippen LogP contribution in [0.15, 0.2) is 36.7 Å². The number of nitrogen functional groups attached to an aromatic ring is 1. The van der Waals surface area contributed by atoms with E-state index in [4.69, 9.17) is 5.73 Å². The minimum atomic E-state index is 0.807. The summed E-state index contributed by atoms with van der Waals surface area (Å²) in [6.07, 6.45) is 3.72. The zero-order valence-corrected chi connectivity index (χ0v) is 8.21. The fourth-order valence-electron chi connectivity index (χ4n) is 1.64. The third-order valence-electron chi connectivity index (χ3n) is 2.29. The zero-order chi connectivity index (χ0) is 9.54. The fraction of sp³-hybridized carbons (Fsp3) is 0. The van der Waals surface area contributed by atoms with Gasteiger partial charge in [-0.1, -0.05) is 0 Å². The van der Waals surface area contributed by atoms with Crippen molar-refractivity contribution >= 4 is 37.2 Å². The average Bonchev–Trinajstić information content (AvgIpc) is 2.56. The summed E-state index contributed by atoms with van der Waals surface area (Å²) in [6, 6.07) is 8.05. The van der Waals surface area contributed by atoms with Gasteiger partial charge in [-0.05, 0) is 24.3 Å². The summed E-state index contributed by atoms with van der Waals surface area (Å²) in [5, 5.41) is 2.40. The molecule has 0 spiro atoms. The Morgan fingerprint density at radius 3 is 2.86 bits per heavy atom. The summed E-state index contributed by atoms with van der Waals surface area (Å²) in [6.45, 7) is 0. The summed E-state index contributed by atoms with van der Waals surface area (Å²) in [4.78, 5) is 4.13. The largest absolute Gasteiger partial charge is 0.399 e. The number of fused-ring (bicyclic) bond motifs is 3. The van der Waals surface area contributed by atoms with Gasteiger partial charge in [0, 0.05) is 38.3 Å². The van der Waals surface area contributed by atoms with E-state index in [1.165, 1.54) is 20.2 Å². The standard InChI is InChI=1S/C11H8N2S/c12-7-1-2-10-8(5-7)9-6-13-4-3-11(9)14-10/h1-6H,12H2. The molecular formula is C11H8N2S. The van der Waals surface area contributed by atoms with Gasteiger partial charge in [-0.3, -0.25) is 4.98 Å². The highest BCUT2D eigenvalue weighted by Gasteiger charge is 2.03. The summed E-state index contributed by atoms with van der Waals surface area (Å²) in [5.74, 6) is 0. The lowest BCUT2D eigenvalue weighted by Gasteiger charge is -1.92. The summed E-state index contributed by atoms with van der Waals surface area (Å²) >= 11 is 1.77. The van der Waals surface area contributed by atoms with Crippen LogP contribution in [0.4, 0.5) is 5.69 Å². The molecule has 68 valence electrons. The number of aromatic nitrogens is 1. The van der Waals surface area contributed by atoms with Crippen LogP contribution in [0.25, 0.3) is 20.2 Å². The number of anilines is 1. The van der Waals surface area contributed by atoms with Crippen molar-refractivity contribution in [3.8, 4) is 0 Å². The molecule has 0 aliphatic rings. The Balaban J connectivity index is 2.58. The highest BCUT2D eigenvalue weighted by atomic mass is 32.1. The maximum Gasteiger partial charge on any atom is 0.0386 e. The van der Waals surface area contributed by atoms with Crippen molar-refractivity contribution in [1.82, 2.24) is 4.98 Å². The van der Waals surface area contributed by atoms with Gasteiger partial charge in [-0.15, -0.1) is 11.3 Å². The van der Waals surface area contributed by atoms with Gasteiger partial charge in [-0.25, -0.2) is 0 Å². The molecule has 1 aromatic carbocycles. The van der Waals surface area contributed by atoms with Crippen molar-refractivity contribution in [3.63, 3.8) is 0 Å². The van der Waals surface area contributed by atoms with Gasteiger partial charge in [0.1, 0.15) is 0 Å². The van der Waals surface area contributed by atoms with Crippen LogP contribution in [0.1, 0.15) is 0 Å². The third kappa shape index (κ3) is 0.992. The first-order chi connectivity index (χ1) is 6.84. The topological polar surface area (TPSA) is 38.9 Å². The lowest BCUT2D eigenvalue weighted by molar-refractivity contribution is 1.37. The number of thiophene rings is 1. The van der Waals surface area contributed by atoms with Gasteiger partial charge in [0.15, 0.2) is 0 Å². The van der Waals surface area contributed by atoms with E-state index in [1.54, 1.807) is 11.3 Å². The Bertz CT molecular complexity index is 613. The Morgan fingerprint density at radius 2 is 1.93 bits per heavy atom. The normalized spacial score (nSPS) is 11.1. The molecule has 0 fully saturated rings. The number of nitrogens with zero attached hydrogens (tertiary/aromatic N) is 1. The number of hydrogen-bond donors (Lipinski definition) is 1. The van der Waals surface area contributed by atoms with Crippen LogP contribution < -0.4 is 5.73 Å². The Morgan fingerprint density at radius 1 is 1.07 bits per heavy atom. The molecule has 0 bridgehead atoms. The molecule has 0 saturated heterocycles. The van der Waals surface area contributed by atoms with Crippen molar-refractivity contribution in [3.05, 3.63) is 36.7 Å². The quantitative estimate of drug-likeness (QED) is 0.566. The summed E-state index contributed by atoms with van der Waals surface area (Å²) < 4.78 is 2.53. The van der Waals surface area contributed by atoms with Gasteiger partial charge in [0.05, 0.1) is 0 Å². The maximum absolute atomic E-state index is 5.76. The van der Waals surface area contributed by atoms with Crippen molar-refractivity contribution in [2.24, 2.45) is 0 Å². The molecule has 2 nitrogen and oxygen atoms in total. The van der Waals surface area contributed by atoms with Crippen LogP contribution in [0, 0.1) is 0 Å². The molecule has 0 atom stereocenters. The molecule has 0 unspecified atom stereocenters. The van der Waals surface area contributed by atoms with E-state index in [2.05, 4.69) is 11.1 Å². The van der Waals surface area contributed by atoms with Crippen LogP contribution in [-0.4, -0.2) is 4.98 Å². The van der Waals surface area contributed by atoms with Crippen LogP contribution in [-0.2, 0) is 0 Å². The molecule has 0 radical (unpaired) electrons. The maximum atomic E-state index is 5.76. The van der Waals surface area contributed by atoms with Gasteiger partial charge < -0.3 is 5.73 Å². The molecule has 3 heteroatoms. The highest BCUT2D eigenvalue weighted by molar-refractivity contribution is 7.25. The highest BCUT2D eigenvalue weighted by Crippen LogP contribution is 2.33. The van der Waals surface area contributed by atoms with Gasteiger partial charge in [-0.2, -0.15) is 0 Å². The molecule has 14 heavy (non-hydrogen) atoms. The van der Waals surface area contributed by atoms with E-state index in [0.29, 0.717) is 0 Å². The predicted molar refractivity (Wildman–Crippen MR) is 61.5 cm³/mol. The SMILES string of the molecule is Nc1ccc2sc3ccncc3c2c1. The number of benzene rings is 1. The third-order valence-corrected chi connectivity index (χ3v) is 3.45. The second-order valence-electron chi connectivity index (χ2n) is 3.23. The monoisotopic (exact) mass is 200 g/mol. The second kappa shape index (κ2) is 2.69. The second-order valence-corrected chi connectivity index (χ2v) is 4.31. The Kier molecular flexibility index (Phi) is 1.49. The molecule has 0 amide bonds. The lowest BCUT2D eigenvalue weighted by Crippen LogP contribution is -1.81. The minimum Gasteiger partial charge on any atom is -0.399 e. The summed E-state index contributed by atoms with van der Waals surface area (Å²) in [5.41, 5.74) is 6.56. The van der Waals surface area contributed by atoms with Crippen molar-refractivity contribution < 1.29 is 0 Å². The van der Waals surface area contributed by atoms with E-state index in [9.17, 15) is 0 Å². The van der Waals surface area contributed by atoms with Crippen molar-refractivity contribution in [2.75, 3.05) is 5.73 Å². The molecule has 3 rings (SSSR count). The van der Waals surface area contributed by atoms with E-state index in [-0.39, 0.29) is 0 Å². The van der Waals surface area contributed by atoms with Crippen molar-refractivity contribution in [2.45, 2.75) is 0 Å². The van der Waals surface area contributed by atoms with Crippen LogP contribution in [0.3, 0.4) is 0 Å². The van der Waals surface area contributed by atoms with E-state index < -0.39 is 0 Å². The molecule has 0 aliphatic heterocycles. The first-order valence-corrected chi connectivity index (χ1v) is 5.18. The van der Waals surface area contributed by atoms with Gasteiger partial charge >= 0.3 is 0 Å². The summed E-state index contributed by atoms with van der Waals surface area (Å²) in [7, 11) is 0. The average molecular weight is 200 g/mol. The molecular weight excluding hydrogens is 192 g/mol. The molecule has 3 aromatic rings. The van der Waals surface area contributed by atoms with E-state index in [1.807, 2.05) is 30.6 Å². The van der Waals surface area contributed by atoms with Crippen LogP contribution in [0.5, 0.6) is 0 Å². The molecule has 2 N–H and O–H groups in total. The first-order valence-electron chi connectivity index (χ1n) is 4.36. The van der Waals surface area contributed by atoms with Gasteiger partial charge in [0.2, 0.25) is 0 Å². The molecule has 0 aliphatic carbocycles. The molecule has 2 heterocycles. The number of nitrogens with two attached hydrogens (primary N) is 1. The predicted octanol–water partition coefficient (Wildman–Crippen LogP) is 3.03. The van der Waals surface area contributed by atoms with Gasteiger partial charge in [0.25, 0.3) is 0 Å². The Labute approximate surface area is 85.0 Å². The Hall–Kier alpha value is -1.61. The number of pyridine rings is 1. The van der Waals surface area contributed by atoms with E-state index in [0.717, 1.165) is 5.69 Å². The molecule has 0 saturated carbocycles. The number of hydrogen-bond acceptors (Lipinski definition) is 3. The lowest BCUT2D eigenvalue weighted by atomic mass is 10.2. The van der Waals surface area contributed by atoms with E-state index >= 15 is 0 Å². The first kappa shape index (κ1) is 7.76. The number of rotatable bonds is 0. The van der Waals surface area contributed by atoms with Crippen molar-refractivity contribution in [1.29, 1.82) is 0 Å². The zero-order valence-electron chi connectivity index (χ0n) is 7.40. The van der Waals surface area contributed by atoms with Crippen LogP contribution in [0.2, 0.25) is 0 Å².